The maximum atomic E-state index is 9.36. The molecule has 0 spiro atoms. The van der Waals surface area contributed by atoms with E-state index in [1.165, 1.54) is 12.8 Å². The summed E-state index contributed by atoms with van der Waals surface area (Å²) in [5, 5.41) is 9.92. The molecular weight excluding hydrogens is 598 g/mol. The Balaban J connectivity index is 1.10. The van der Waals surface area contributed by atoms with Crippen LogP contribution in [0.5, 0.6) is 23.0 Å². The van der Waals surface area contributed by atoms with Crippen LogP contribution in [0.15, 0.2) is 72.8 Å². The van der Waals surface area contributed by atoms with Crippen LogP contribution in [0.25, 0.3) is 11.1 Å². The lowest BCUT2D eigenvalue weighted by atomic mass is 9.96. The molecule has 7 nitrogen and oxygen atoms in total. The first kappa shape index (κ1) is 30.4. The molecule has 4 aromatic rings. The van der Waals surface area contributed by atoms with Gasteiger partial charge in [-0.1, -0.05) is 48.0 Å². The highest BCUT2D eigenvalue weighted by atomic mass is 35.5. The molecular formula is C38H38ClN3O4. The van der Waals surface area contributed by atoms with E-state index in [0.717, 1.165) is 89.4 Å². The summed E-state index contributed by atoms with van der Waals surface area (Å²) in [6, 6.07) is 26.8. The van der Waals surface area contributed by atoms with Crippen molar-refractivity contribution in [3.8, 4) is 40.2 Å². The summed E-state index contributed by atoms with van der Waals surface area (Å²) in [6.07, 6.45) is 2.68. The van der Waals surface area contributed by atoms with Crippen LogP contribution in [-0.2, 0) is 19.8 Å². The fourth-order valence-corrected chi connectivity index (χ4v) is 6.56. The minimum absolute atomic E-state index is 0.343. The summed E-state index contributed by atoms with van der Waals surface area (Å²) >= 11 is 6.88. The minimum atomic E-state index is 0.343. The summed E-state index contributed by atoms with van der Waals surface area (Å²) in [4.78, 5) is 5.09. The van der Waals surface area contributed by atoms with Crippen LogP contribution in [0.2, 0.25) is 5.02 Å². The van der Waals surface area contributed by atoms with Crippen molar-refractivity contribution in [3.63, 3.8) is 0 Å². The number of nitriles is 1. The van der Waals surface area contributed by atoms with Crippen LogP contribution < -0.4 is 18.9 Å². The molecule has 0 radical (unpaired) electrons. The Morgan fingerprint density at radius 1 is 0.826 bits per heavy atom. The Bertz CT molecular complexity index is 1760. The van der Waals surface area contributed by atoms with Crippen LogP contribution in [0.1, 0.15) is 40.7 Å². The van der Waals surface area contributed by atoms with Gasteiger partial charge in [-0.3, -0.25) is 9.80 Å². The predicted octanol–water partition coefficient (Wildman–Crippen LogP) is 7.40. The molecule has 0 atom stereocenters. The lowest BCUT2D eigenvalue weighted by molar-refractivity contribution is 0.120. The highest BCUT2D eigenvalue weighted by molar-refractivity contribution is 6.32. The van der Waals surface area contributed by atoms with Gasteiger partial charge in [0.25, 0.3) is 0 Å². The molecule has 0 bridgehead atoms. The minimum Gasteiger partial charge on any atom is -0.488 e. The number of ether oxygens (including phenoxy) is 4. The Kier molecular flexibility index (Phi) is 9.03. The monoisotopic (exact) mass is 635 g/mol. The van der Waals surface area contributed by atoms with Crippen molar-refractivity contribution >= 4 is 11.6 Å². The molecule has 0 N–H and O–H groups in total. The van der Waals surface area contributed by atoms with E-state index in [9.17, 15) is 5.26 Å². The van der Waals surface area contributed by atoms with Crippen molar-refractivity contribution in [3.05, 3.63) is 106 Å². The fraction of sp³-hybridized carbons (Fsp3) is 0.342. The third-order valence-electron chi connectivity index (χ3n) is 9.11. The molecule has 7 rings (SSSR count). The van der Waals surface area contributed by atoms with E-state index >= 15 is 0 Å². The van der Waals surface area contributed by atoms with Gasteiger partial charge in [-0.15, -0.1) is 0 Å². The van der Waals surface area contributed by atoms with Gasteiger partial charge in [0.2, 0.25) is 0 Å². The van der Waals surface area contributed by atoms with Crippen molar-refractivity contribution in [2.75, 3.05) is 39.4 Å². The summed E-state index contributed by atoms with van der Waals surface area (Å²) in [6.45, 7) is 8.93. The molecule has 46 heavy (non-hydrogen) atoms. The molecule has 2 aliphatic heterocycles. The molecule has 1 aliphatic carbocycles. The largest absolute Gasteiger partial charge is 0.488 e. The molecule has 2 heterocycles. The van der Waals surface area contributed by atoms with Gasteiger partial charge in [0.1, 0.15) is 37.9 Å². The van der Waals surface area contributed by atoms with Gasteiger partial charge >= 0.3 is 0 Å². The second-order valence-electron chi connectivity index (χ2n) is 12.3. The van der Waals surface area contributed by atoms with Crippen LogP contribution in [0, 0.1) is 18.3 Å². The van der Waals surface area contributed by atoms with Gasteiger partial charge in [0.05, 0.1) is 16.7 Å². The molecule has 1 saturated carbocycles. The number of hydrogen-bond donors (Lipinski definition) is 0. The molecule has 0 unspecified atom stereocenters. The van der Waals surface area contributed by atoms with Gasteiger partial charge in [-0.25, -0.2) is 0 Å². The maximum absolute atomic E-state index is 9.36. The molecule has 8 heteroatoms. The summed E-state index contributed by atoms with van der Waals surface area (Å²) in [7, 11) is 0. The molecule has 3 aliphatic rings. The highest BCUT2D eigenvalue weighted by Gasteiger charge is 2.31. The average Bonchev–Trinajstić information content (AvgIpc) is 3.94. The number of nitrogens with zero attached hydrogens (tertiary/aromatic N) is 3. The van der Waals surface area contributed by atoms with E-state index in [0.29, 0.717) is 42.8 Å². The fourth-order valence-electron chi connectivity index (χ4n) is 6.32. The van der Waals surface area contributed by atoms with E-state index in [1.807, 2.05) is 42.5 Å². The molecule has 1 saturated heterocycles. The van der Waals surface area contributed by atoms with Crippen molar-refractivity contribution in [2.45, 2.75) is 45.6 Å². The first-order valence-corrected chi connectivity index (χ1v) is 16.4. The predicted molar refractivity (Wildman–Crippen MR) is 179 cm³/mol. The number of rotatable bonds is 10. The Morgan fingerprint density at radius 2 is 1.61 bits per heavy atom. The third-order valence-corrected chi connectivity index (χ3v) is 9.41. The van der Waals surface area contributed by atoms with Gasteiger partial charge in [-0.05, 0) is 77.9 Å². The Morgan fingerprint density at radius 3 is 2.41 bits per heavy atom. The zero-order chi connectivity index (χ0) is 31.5. The van der Waals surface area contributed by atoms with Crippen molar-refractivity contribution < 1.29 is 18.9 Å². The zero-order valence-corrected chi connectivity index (χ0v) is 26.9. The number of benzene rings is 4. The number of fused-ring (bicyclic) bond motifs is 1. The molecule has 236 valence electrons. The molecule has 4 aromatic carbocycles. The van der Waals surface area contributed by atoms with Crippen LogP contribution >= 0.6 is 11.6 Å². The van der Waals surface area contributed by atoms with Gasteiger partial charge < -0.3 is 18.9 Å². The van der Waals surface area contributed by atoms with Crippen LogP contribution in [0.4, 0.5) is 0 Å². The lowest BCUT2D eigenvalue weighted by Crippen LogP contribution is -2.46. The number of hydrogen-bond acceptors (Lipinski definition) is 7. The standard InChI is InChI=1S/C38H38ClN3O4/c1-26-30(6-3-7-33(26)29-8-11-35-38(20-29)44-17-16-43-35)25-46-37-21-36(45-24-28-5-2-4-27(18-28)22-40)31(19-34(37)39)23-41-12-14-42(15-13-41)32-9-10-32/h2-8,11,18-21,32H,9-10,12-17,23-25H2,1H3. The van der Waals surface area contributed by atoms with E-state index in [-0.39, 0.29) is 0 Å². The Labute approximate surface area is 275 Å². The van der Waals surface area contributed by atoms with E-state index in [4.69, 9.17) is 30.5 Å². The lowest BCUT2D eigenvalue weighted by Gasteiger charge is -2.35. The van der Waals surface area contributed by atoms with Crippen molar-refractivity contribution in [1.82, 2.24) is 9.80 Å². The topological polar surface area (TPSA) is 67.2 Å². The first-order chi connectivity index (χ1) is 22.5. The second kappa shape index (κ2) is 13.6. The smallest absolute Gasteiger partial charge is 0.161 e. The number of halogens is 1. The van der Waals surface area contributed by atoms with Gasteiger partial charge in [0, 0.05) is 50.4 Å². The SMILES string of the molecule is Cc1c(COc2cc(OCc3cccc(C#N)c3)c(CN3CCN(C4CC4)CC3)cc2Cl)cccc1-c1ccc2c(c1)OCCO2. The molecule has 0 amide bonds. The Hall–Kier alpha value is -4.22. The highest BCUT2D eigenvalue weighted by Crippen LogP contribution is 2.38. The van der Waals surface area contributed by atoms with Crippen LogP contribution in [-0.4, -0.2) is 55.2 Å². The second-order valence-corrected chi connectivity index (χ2v) is 12.7. The van der Waals surface area contributed by atoms with Gasteiger partial charge in [-0.2, -0.15) is 5.26 Å². The van der Waals surface area contributed by atoms with Crippen LogP contribution in [0.3, 0.4) is 0 Å². The van der Waals surface area contributed by atoms with E-state index < -0.39 is 0 Å². The number of piperazine rings is 1. The van der Waals surface area contributed by atoms with Gasteiger partial charge in [0.15, 0.2) is 11.5 Å². The molecule has 2 fully saturated rings. The normalized spacial score (nSPS) is 16.5. The summed E-state index contributed by atoms with van der Waals surface area (Å²) in [5.41, 5.74) is 6.97. The summed E-state index contributed by atoms with van der Waals surface area (Å²) in [5.74, 6) is 2.87. The summed E-state index contributed by atoms with van der Waals surface area (Å²) < 4.78 is 24.3. The first-order valence-electron chi connectivity index (χ1n) is 16.1. The quantitative estimate of drug-likeness (QED) is 0.180. The maximum Gasteiger partial charge on any atom is 0.161 e. The van der Waals surface area contributed by atoms with E-state index in [1.54, 1.807) is 6.07 Å². The van der Waals surface area contributed by atoms with Crippen molar-refractivity contribution in [2.24, 2.45) is 0 Å². The third kappa shape index (κ3) is 6.95. The average molecular weight is 636 g/mol. The zero-order valence-electron chi connectivity index (χ0n) is 26.1. The molecule has 0 aromatic heterocycles. The van der Waals surface area contributed by atoms with E-state index in [2.05, 4.69) is 47.1 Å². The van der Waals surface area contributed by atoms with Crippen molar-refractivity contribution in [1.29, 1.82) is 5.26 Å².